The van der Waals surface area contributed by atoms with Gasteiger partial charge < -0.3 is 9.47 Å². The summed E-state index contributed by atoms with van der Waals surface area (Å²) in [6.45, 7) is 5.68. The molecule has 0 bridgehead atoms. The lowest BCUT2D eigenvalue weighted by molar-refractivity contribution is -0.169. The predicted octanol–water partition coefficient (Wildman–Crippen LogP) is 2.84. The Balaban J connectivity index is 3.23. The highest BCUT2D eigenvalue weighted by atomic mass is 16.5. The highest BCUT2D eigenvalue weighted by Crippen LogP contribution is 2.47. The van der Waals surface area contributed by atoms with E-state index in [1.807, 2.05) is 6.92 Å². The van der Waals surface area contributed by atoms with E-state index in [1.165, 1.54) is 0 Å². The van der Waals surface area contributed by atoms with Crippen LogP contribution < -0.4 is 0 Å². The molecule has 1 fully saturated rings. The van der Waals surface area contributed by atoms with Gasteiger partial charge in [-0.3, -0.25) is 9.59 Å². The third kappa shape index (κ3) is 3.37. The maximum atomic E-state index is 12.5. The van der Waals surface area contributed by atoms with E-state index in [0.29, 0.717) is 6.42 Å². The molecule has 5 heteroatoms. The summed E-state index contributed by atoms with van der Waals surface area (Å²) < 4.78 is 10.2. The van der Waals surface area contributed by atoms with Gasteiger partial charge in [0.25, 0.3) is 0 Å². The third-order valence-corrected chi connectivity index (χ3v) is 4.33. The molecule has 118 valence electrons. The number of nitrogens with zero attached hydrogens (tertiary/aromatic N) is 1. The number of carbonyl (C=O) groups is 2. The fourth-order valence-corrected chi connectivity index (χ4v) is 3.36. The van der Waals surface area contributed by atoms with E-state index >= 15 is 0 Å². The van der Waals surface area contributed by atoms with Crippen molar-refractivity contribution < 1.29 is 19.1 Å². The minimum atomic E-state index is -1.41. The molecule has 5 nitrogen and oxygen atoms in total. The first kappa shape index (κ1) is 17.5. The van der Waals surface area contributed by atoms with Crippen molar-refractivity contribution in [2.24, 2.45) is 17.3 Å². The molecular weight excluding hydrogens is 270 g/mol. The summed E-state index contributed by atoms with van der Waals surface area (Å²) in [5.74, 6) is -1.93. The second-order valence-corrected chi connectivity index (χ2v) is 5.40. The van der Waals surface area contributed by atoms with Crippen molar-refractivity contribution in [3.05, 3.63) is 0 Å². The molecule has 2 unspecified atom stereocenters. The number of hydrogen-bond donors (Lipinski definition) is 0. The van der Waals surface area contributed by atoms with E-state index in [4.69, 9.17) is 9.47 Å². The standard InChI is InChI=1S/C16H25NO4/c1-4-13(14(18)20-5-2)16(11-17,15(19)21-6-3)12-9-7-8-10-12/h12-13H,4-10H2,1-3H3. The SMILES string of the molecule is CCOC(=O)C(CC)C(C#N)(C(=O)OCC)C1CCCC1. The number of carbonyl (C=O) groups excluding carboxylic acids is 2. The maximum Gasteiger partial charge on any atom is 0.327 e. The smallest absolute Gasteiger partial charge is 0.327 e. The quantitative estimate of drug-likeness (QED) is 0.675. The van der Waals surface area contributed by atoms with E-state index in [2.05, 4.69) is 6.07 Å². The highest BCUT2D eigenvalue weighted by Gasteiger charge is 2.56. The van der Waals surface area contributed by atoms with E-state index < -0.39 is 23.3 Å². The van der Waals surface area contributed by atoms with Gasteiger partial charge in [-0.2, -0.15) is 5.26 Å². The summed E-state index contributed by atoms with van der Waals surface area (Å²) >= 11 is 0. The molecule has 0 aromatic carbocycles. The van der Waals surface area contributed by atoms with Crippen LogP contribution in [0.25, 0.3) is 0 Å². The minimum Gasteiger partial charge on any atom is -0.466 e. The van der Waals surface area contributed by atoms with Crippen molar-refractivity contribution in [2.75, 3.05) is 13.2 Å². The Morgan fingerprint density at radius 3 is 2.19 bits per heavy atom. The molecule has 0 aromatic rings. The third-order valence-electron chi connectivity index (χ3n) is 4.33. The molecule has 0 aromatic heterocycles. The van der Waals surface area contributed by atoms with Crippen LogP contribution in [0.2, 0.25) is 0 Å². The summed E-state index contributed by atoms with van der Waals surface area (Å²) in [4.78, 5) is 24.8. The van der Waals surface area contributed by atoms with Crippen molar-refractivity contribution in [2.45, 2.75) is 52.9 Å². The van der Waals surface area contributed by atoms with Crippen LogP contribution in [-0.4, -0.2) is 25.2 Å². The average molecular weight is 295 g/mol. The van der Waals surface area contributed by atoms with E-state index in [9.17, 15) is 14.9 Å². The van der Waals surface area contributed by atoms with Crippen LogP contribution >= 0.6 is 0 Å². The fraction of sp³-hybridized carbons (Fsp3) is 0.812. The Kier molecular flexibility index (Phi) is 6.67. The Morgan fingerprint density at radius 1 is 1.19 bits per heavy atom. The Hall–Kier alpha value is -1.57. The normalized spacial score (nSPS) is 19.3. The first-order chi connectivity index (χ1) is 10.1. The summed E-state index contributed by atoms with van der Waals surface area (Å²) in [6, 6.07) is 2.16. The lowest BCUT2D eigenvalue weighted by atomic mass is 9.65. The molecule has 21 heavy (non-hydrogen) atoms. The first-order valence-corrected chi connectivity index (χ1v) is 7.83. The number of ether oxygens (including phenoxy) is 2. The van der Waals surface area contributed by atoms with Gasteiger partial charge in [-0.1, -0.05) is 19.8 Å². The zero-order chi connectivity index (χ0) is 15.9. The van der Waals surface area contributed by atoms with Crippen LogP contribution in [0.1, 0.15) is 52.9 Å². The lowest BCUT2D eigenvalue weighted by Crippen LogP contribution is -2.48. The van der Waals surface area contributed by atoms with Crippen molar-refractivity contribution in [3.8, 4) is 6.07 Å². The molecule has 1 rings (SSSR count). The summed E-state index contributed by atoms with van der Waals surface area (Å²) in [5.41, 5.74) is -1.41. The molecule has 1 aliphatic carbocycles. The first-order valence-electron chi connectivity index (χ1n) is 7.83. The number of nitriles is 1. The monoisotopic (exact) mass is 295 g/mol. The fourth-order valence-electron chi connectivity index (χ4n) is 3.36. The highest BCUT2D eigenvalue weighted by molar-refractivity contribution is 5.88. The predicted molar refractivity (Wildman–Crippen MR) is 77.1 cm³/mol. The molecule has 0 heterocycles. The molecule has 2 atom stereocenters. The van der Waals surface area contributed by atoms with Crippen LogP contribution in [0.3, 0.4) is 0 Å². The topological polar surface area (TPSA) is 76.4 Å². The molecular formula is C16H25NO4. The minimum absolute atomic E-state index is 0.129. The maximum absolute atomic E-state index is 12.5. The Morgan fingerprint density at radius 2 is 1.76 bits per heavy atom. The van der Waals surface area contributed by atoms with Gasteiger partial charge in [0.15, 0.2) is 5.41 Å². The van der Waals surface area contributed by atoms with Crippen molar-refractivity contribution in [1.29, 1.82) is 5.26 Å². The van der Waals surface area contributed by atoms with E-state index in [-0.39, 0.29) is 19.1 Å². The number of hydrogen-bond acceptors (Lipinski definition) is 5. The molecule has 1 saturated carbocycles. The molecule has 0 amide bonds. The largest absolute Gasteiger partial charge is 0.466 e. The molecule has 0 radical (unpaired) electrons. The van der Waals surface area contributed by atoms with Crippen LogP contribution in [0.4, 0.5) is 0 Å². The van der Waals surface area contributed by atoms with Gasteiger partial charge in [0, 0.05) is 0 Å². The van der Waals surface area contributed by atoms with Crippen LogP contribution in [-0.2, 0) is 19.1 Å². The Bertz CT molecular complexity index is 409. The van der Waals surface area contributed by atoms with Gasteiger partial charge in [0.1, 0.15) is 0 Å². The lowest BCUT2D eigenvalue weighted by Gasteiger charge is -2.35. The zero-order valence-corrected chi connectivity index (χ0v) is 13.2. The summed E-state index contributed by atoms with van der Waals surface area (Å²) in [5, 5.41) is 9.79. The molecule has 0 spiro atoms. The average Bonchev–Trinajstić information content (AvgIpc) is 2.99. The van der Waals surface area contributed by atoms with Gasteiger partial charge >= 0.3 is 11.9 Å². The van der Waals surface area contributed by atoms with Crippen molar-refractivity contribution >= 4 is 11.9 Å². The number of esters is 2. The van der Waals surface area contributed by atoms with Crippen LogP contribution in [0.5, 0.6) is 0 Å². The van der Waals surface area contributed by atoms with Gasteiger partial charge in [0.05, 0.1) is 25.2 Å². The van der Waals surface area contributed by atoms with Gasteiger partial charge in [-0.15, -0.1) is 0 Å². The molecule has 0 N–H and O–H groups in total. The van der Waals surface area contributed by atoms with Gasteiger partial charge in [-0.25, -0.2) is 0 Å². The second kappa shape index (κ2) is 8.02. The summed E-state index contributed by atoms with van der Waals surface area (Å²) in [6.07, 6.45) is 3.91. The van der Waals surface area contributed by atoms with Gasteiger partial charge in [-0.05, 0) is 39.0 Å². The van der Waals surface area contributed by atoms with Crippen LogP contribution in [0.15, 0.2) is 0 Å². The van der Waals surface area contributed by atoms with E-state index in [1.54, 1.807) is 13.8 Å². The van der Waals surface area contributed by atoms with Crippen molar-refractivity contribution in [3.63, 3.8) is 0 Å². The molecule has 1 aliphatic rings. The number of rotatable bonds is 7. The van der Waals surface area contributed by atoms with Crippen molar-refractivity contribution in [1.82, 2.24) is 0 Å². The van der Waals surface area contributed by atoms with Crippen LogP contribution in [0, 0.1) is 28.6 Å². The molecule has 0 aliphatic heterocycles. The van der Waals surface area contributed by atoms with E-state index in [0.717, 1.165) is 25.7 Å². The zero-order valence-electron chi connectivity index (χ0n) is 13.2. The Labute approximate surface area is 126 Å². The second-order valence-electron chi connectivity index (χ2n) is 5.40. The summed E-state index contributed by atoms with van der Waals surface area (Å²) in [7, 11) is 0. The molecule has 0 saturated heterocycles. The van der Waals surface area contributed by atoms with Gasteiger partial charge in [0.2, 0.25) is 0 Å².